The molecule has 1 aliphatic rings. The molecule has 1 aromatic heterocycles. The molecule has 7 heteroatoms. The van der Waals surface area contributed by atoms with Crippen molar-refractivity contribution in [2.24, 2.45) is 0 Å². The first-order chi connectivity index (χ1) is 12.5. The number of amides is 2. The minimum atomic E-state index is -0.433. The van der Waals surface area contributed by atoms with Crippen LogP contribution in [0.25, 0.3) is 0 Å². The van der Waals surface area contributed by atoms with Crippen LogP contribution in [-0.4, -0.2) is 53.8 Å². The largest absolute Gasteiger partial charge is 0.335 e. The normalized spacial score (nSPS) is 16.3. The molecular weight excluding hydrogens is 353 g/mol. The van der Waals surface area contributed by atoms with Gasteiger partial charge >= 0.3 is 0 Å². The highest BCUT2D eigenvalue weighted by atomic mass is 32.1. The van der Waals surface area contributed by atoms with Crippen molar-refractivity contribution in [1.29, 1.82) is 0 Å². The fourth-order valence-corrected chi connectivity index (χ4v) is 3.68. The molecule has 0 bridgehead atoms. The minimum Gasteiger partial charge on any atom is -0.335 e. The molecule has 1 N–H and O–H groups in total. The zero-order chi connectivity index (χ0) is 18.7. The van der Waals surface area contributed by atoms with Gasteiger partial charge < -0.3 is 10.2 Å². The van der Waals surface area contributed by atoms with Crippen LogP contribution in [0.15, 0.2) is 35.7 Å². The van der Waals surface area contributed by atoms with Gasteiger partial charge in [-0.25, -0.2) is 4.39 Å². The number of carbonyl (C=O) groups excluding carboxylic acids is 2. The van der Waals surface area contributed by atoms with Gasteiger partial charge in [-0.2, -0.15) is 0 Å². The maximum Gasteiger partial charge on any atom is 0.264 e. The Morgan fingerprint density at radius 1 is 1.19 bits per heavy atom. The second-order valence-corrected chi connectivity index (χ2v) is 7.40. The highest BCUT2D eigenvalue weighted by molar-refractivity contribution is 7.12. The Hall–Kier alpha value is -2.25. The molecule has 138 valence electrons. The van der Waals surface area contributed by atoms with Crippen molar-refractivity contribution in [2.75, 3.05) is 31.5 Å². The third-order valence-electron chi connectivity index (χ3n) is 4.64. The molecule has 0 radical (unpaired) electrons. The molecule has 5 nitrogen and oxygen atoms in total. The van der Waals surface area contributed by atoms with Gasteiger partial charge in [0.05, 0.1) is 16.6 Å². The van der Waals surface area contributed by atoms with E-state index in [-0.39, 0.29) is 17.5 Å². The predicted octanol–water partition coefficient (Wildman–Crippen LogP) is 2.98. The number of anilines is 1. The van der Waals surface area contributed by atoms with Gasteiger partial charge in [-0.3, -0.25) is 14.5 Å². The minimum absolute atomic E-state index is 0.0403. The van der Waals surface area contributed by atoms with Gasteiger partial charge in [0, 0.05) is 26.2 Å². The summed E-state index contributed by atoms with van der Waals surface area (Å²) in [5.74, 6) is -0.638. The third-order valence-corrected chi connectivity index (χ3v) is 5.50. The van der Waals surface area contributed by atoms with Gasteiger partial charge in [0.2, 0.25) is 5.91 Å². The molecule has 3 rings (SSSR count). The first kappa shape index (κ1) is 18.5. The van der Waals surface area contributed by atoms with Gasteiger partial charge in [0.25, 0.3) is 5.91 Å². The van der Waals surface area contributed by atoms with Gasteiger partial charge in [-0.1, -0.05) is 12.1 Å². The van der Waals surface area contributed by atoms with E-state index >= 15 is 0 Å². The topological polar surface area (TPSA) is 52.7 Å². The zero-order valence-electron chi connectivity index (χ0n) is 14.9. The van der Waals surface area contributed by atoms with Crippen molar-refractivity contribution in [1.82, 2.24) is 9.80 Å². The first-order valence-corrected chi connectivity index (χ1v) is 9.47. The Kier molecular flexibility index (Phi) is 5.68. The van der Waals surface area contributed by atoms with E-state index in [2.05, 4.69) is 5.32 Å². The summed E-state index contributed by atoms with van der Waals surface area (Å²) in [6.07, 6.45) is 0. The van der Waals surface area contributed by atoms with Crippen molar-refractivity contribution >= 4 is 28.8 Å². The average Bonchev–Trinajstić information content (AvgIpc) is 3.17. The van der Waals surface area contributed by atoms with Crippen LogP contribution in [-0.2, 0) is 4.79 Å². The molecule has 0 saturated carbocycles. The molecule has 26 heavy (non-hydrogen) atoms. The number of rotatable bonds is 4. The Labute approximate surface area is 156 Å². The number of benzene rings is 1. The summed E-state index contributed by atoms with van der Waals surface area (Å²) >= 11 is 1.44. The monoisotopic (exact) mass is 375 g/mol. The fourth-order valence-electron chi connectivity index (χ4n) is 2.99. The molecule has 2 aromatic rings. The second-order valence-electron chi connectivity index (χ2n) is 6.45. The van der Waals surface area contributed by atoms with E-state index in [4.69, 9.17) is 0 Å². The summed E-state index contributed by atoms with van der Waals surface area (Å²) in [6, 6.07) is 8.03. The lowest BCUT2D eigenvalue weighted by Crippen LogP contribution is -2.54. The van der Waals surface area contributed by atoms with Crippen molar-refractivity contribution in [2.45, 2.75) is 19.9 Å². The lowest BCUT2D eigenvalue weighted by Gasteiger charge is -2.37. The molecular formula is C19H22FN3O2S. The number of aryl methyl sites for hydroxylation is 1. The Balaban J connectivity index is 1.55. The Morgan fingerprint density at radius 3 is 2.54 bits per heavy atom. The van der Waals surface area contributed by atoms with Crippen molar-refractivity contribution in [3.05, 3.63) is 52.0 Å². The summed E-state index contributed by atoms with van der Waals surface area (Å²) in [4.78, 5) is 29.4. The Bertz CT molecular complexity index is 786. The molecule has 1 aliphatic heterocycles. The predicted molar refractivity (Wildman–Crippen MR) is 101 cm³/mol. The second kappa shape index (κ2) is 7.97. The number of hydrogen-bond acceptors (Lipinski definition) is 4. The maximum atomic E-state index is 13.9. The number of hydrogen-bond donors (Lipinski definition) is 1. The van der Waals surface area contributed by atoms with E-state index < -0.39 is 11.9 Å². The van der Waals surface area contributed by atoms with Crippen LogP contribution in [0.3, 0.4) is 0 Å². The highest BCUT2D eigenvalue weighted by Gasteiger charge is 2.28. The van der Waals surface area contributed by atoms with Crippen LogP contribution < -0.4 is 5.32 Å². The van der Waals surface area contributed by atoms with Crippen molar-refractivity contribution < 1.29 is 14.0 Å². The van der Waals surface area contributed by atoms with E-state index in [1.165, 1.54) is 17.4 Å². The van der Waals surface area contributed by atoms with E-state index in [0.29, 0.717) is 26.2 Å². The fraction of sp³-hybridized carbons (Fsp3) is 0.368. The summed E-state index contributed by atoms with van der Waals surface area (Å²) < 4.78 is 13.9. The number of nitrogens with zero attached hydrogens (tertiary/aromatic N) is 2. The van der Waals surface area contributed by atoms with Crippen LogP contribution >= 0.6 is 11.3 Å². The van der Waals surface area contributed by atoms with Crippen LogP contribution in [0.2, 0.25) is 0 Å². The molecule has 1 fully saturated rings. The van der Waals surface area contributed by atoms with Crippen LogP contribution in [0.4, 0.5) is 10.1 Å². The van der Waals surface area contributed by atoms with Gasteiger partial charge in [0.1, 0.15) is 5.82 Å². The van der Waals surface area contributed by atoms with E-state index in [9.17, 15) is 14.0 Å². The summed E-state index contributed by atoms with van der Waals surface area (Å²) in [5.41, 5.74) is 0.999. The van der Waals surface area contributed by atoms with Crippen LogP contribution in [0.1, 0.15) is 22.2 Å². The number of carbonyl (C=O) groups is 2. The lowest BCUT2D eigenvalue weighted by atomic mass is 10.2. The van der Waals surface area contributed by atoms with Crippen molar-refractivity contribution in [3.63, 3.8) is 0 Å². The molecule has 1 saturated heterocycles. The van der Waals surface area contributed by atoms with Crippen LogP contribution in [0, 0.1) is 12.7 Å². The molecule has 1 atom stereocenters. The number of thiophene rings is 1. The standard InChI is InChI=1S/C19H22FN3O2S/c1-13-5-6-16(15(20)12-13)21-18(24)14(2)22-7-9-23(10-8-22)19(25)17-4-3-11-26-17/h3-6,11-12,14H,7-10H2,1-2H3,(H,21,24). The van der Waals surface area contributed by atoms with E-state index in [1.807, 2.05) is 27.3 Å². The van der Waals surface area contributed by atoms with Gasteiger partial charge in [-0.05, 0) is 43.0 Å². The Morgan fingerprint density at radius 2 is 1.92 bits per heavy atom. The molecule has 1 unspecified atom stereocenters. The van der Waals surface area contributed by atoms with E-state index in [0.717, 1.165) is 10.4 Å². The highest BCUT2D eigenvalue weighted by Crippen LogP contribution is 2.18. The number of halogens is 1. The van der Waals surface area contributed by atoms with Gasteiger partial charge in [-0.15, -0.1) is 11.3 Å². The quantitative estimate of drug-likeness (QED) is 0.894. The lowest BCUT2D eigenvalue weighted by molar-refractivity contribution is -0.121. The van der Waals surface area contributed by atoms with E-state index in [1.54, 1.807) is 26.0 Å². The zero-order valence-corrected chi connectivity index (χ0v) is 15.7. The van der Waals surface area contributed by atoms with Crippen molar-refractivity contribution in [3.8, 4) is 0 Å². The summed E-state index contributed by atoms with van der Waals surface area (Å²) in [5, 5.41) is 4.55. The van der Waals surface area contributed by atoms with Crippen LogP contribution in [0.5, 0.6) is 0 Å². The SMILES string of the molecule is Cc1ccc(NC(=O)C(C)N2CCN(C(=O)c3cccs3)CC2)c(F)c1. The number of nitrogens with one attached hydrogen (secondary N) is 1. The molecule has 0 spiro atoms. The molecule has 0 aliphatic carbocycles. The average molecular weight is 375 g/mol. The number of piperazine rings is 1. The third kappa shape index (κ3) is 4.11. The molecule has 1 aromatic carbocycles. The smallest absolute Gasteiger partial charge is 0.264 e. The summed E-state index contributed by atoms with van der Waals surface area (Å²) in [7, 11) is 0. The maximum absolute atomic E-state index is 13.9. The molecule has 2 amide bonds. The summed E-state index contributed by atoms with van der Waals surface area (Å²) in [6.45, 7) is 5.98. The first-order valence-electron chi connectivity index (χ1n) is 8.59. The van der Waals surface area contributed by atoms with Gasteiger partial charge in [0.15, 0.2) is 0 Å². The molecule has 2 heterocycles.